The Hall–Kier alpha value is -2.34. The van der Waals surface area contributed by atoms with E-state index in [1.54, 1.807) is 6.92 Å². The zero-order chi connectivity index (χ0) is 17.9. The number of carbonyl (C=O) groups is 1. The molecule has 0 aromatic carbocycles. The van der Waals surface area contributed by atoms with Crippen LogP contribution < -0.4 is 11.5 Å². The third-order valence-electron chi connectivity index (χ3n) is 3.53. The van der Waals surface area contributed by atoms with Gasteiger partial charge in [-0.2, -0.15) is 0 Å². The second-order valence-corrected chi connectivity index (χ2v) is 5.13. The number of nitrogens with zero attached hydrogens (tertiary/aromatic N) is 4. The number of aliphatic hydroxyl groups excluding tert-OH is 3. The van der Waals surface area contributed by atoms with Crippen molar-refractivity contribution >= 4 is 22.9 Å². The molecule has 24 heavy (non-hydrogen) atoms. The van der Waals surface area contributed by atoms with E-state index in [1.165, 1.54) is 17.2 Å². The Kier molecular flexibility index (Phi) is 5.62. The molecule has 2 aromatic heterocycles. The molecule has 0 radical (unpaired) electrons. The number of rotatable bonds is 3. The summed E-state index contributed by atoms with van der Waals surface area (Å²) in [6.07, 6.45) is -0.979. The summed E-state index contributed by atoms with van der Waals surface area (Å²) in [4.78, 5) is 21.5. The van der Waals surface area contributed by atoms with Crippen molar-refractivity contribution in [3.8, 4) is 0 Å². The Balaban J connectivity index is 0.000000368. The molecule has 0 unspecified atom stereocenters. The van der Waals surface area contributed by atoms with Crippen LogP contribution in [-0.2, 0) is 9.53 Å². The number of ether oxygens (including phenoxy) is 1. The summed E-state index contributed by atoms with van der Waals surface area (Å²) in [5.74, 6) is -0.0273. The average molecular weight is 340 g/mol. The third kappa shape index (κ3) is 3.43. The van der Waals surface area contributed by atoms with Crippen LogP contribution in [0.1, 0.15) is 19.6 Å². The molecule has 3 heterocycles. The Labute approximate surface area is 136 Å². The molecule has 11 nitrogen and oxygen atoms in total. The molecule has 2 aromatic rings. The highest BCUT2D eigenvalue weighted by molar-refractivity contribution is 5.81. The fourth-order valence-electron chi connectivity index (χ4n) is 2.17. The number of aromatic nitrogens is 4. The van der Waals surface area contributed by atoms with Gasteiger partial charge in [0.15, 0.2) is 17.7 Å². The Morgan fingerprint density at radius 2 is 2.00 bits per heavy atom. The smallest absolute Gasteiger partial charge is 0.217 e. The maximum atomic E-state index is 9.95. The standard InChI is InChI=1S/C10H13N5O4.C3H7NO/c11-8-5-9(13-2-12-8)15(3-14-5)10-7(18)6(17)4(1-16)19-10;1-2-3(4)5/h2-4,6-7,10,16-18H,1H2,(H2,11,12,13);2H2,1H3,(H2,4,5)/t4-,6-,7-,10-;/m1./s1. The molecule has 3 rings (SSSR count). The first-order valence-electron chi connectivity index (χ1n) is 7.24. The van der Waals surface area contributed by atoms with Crippen molar-refractivity contribution in [1.82, 2.24) is 19.5 Å². The predicted octanol–water partition coefficient (Wildman–Crippen LogP) is -2.10. The van der Waals surface area contributed by atoms with E-state index in [1.807, 2.05) is 0 Å². The van der Waals surface area contributed by atoms with Gasteiger partial charge in [0, 0.05) is 6.42 Å². The summed E-state index contributed by atoms with van der Waals surface area (Å²) in [5.41, 5.74) is 11.1. The number of amides is 1. The lowest BCUT2D eigenvalue weighted by molar-refractivity contribution is -0.117. The number of nitrogen functional groups attached to an aromatic ring is 1. The molecular weight excluding hydrogens is 320 g/mol. The van der Waals surface area contributed by atoms with E-state index in [4.69, 9.17) is 15.6 Å². The Morgan fingerprint density at radius 3 is 2.54 bits per heavy atom. The number of hydrogen-bond acceptors (Lipinski definition) is 9. The van der Waals surface area contributed by atoms with E-state index in [9.17, 15) is 15.0 Å². The van der Waals surface area contributed by atoms with Crippen molar-refractivity contribution in [3.05, 3.63) is 12.7 Å². The van der Waals surface area contributed by atoms with E-state index >= 15 is 0 Å². The highest BCUT2D eigenvalue weighted by Crippen LogP contribution is 2.31. The molecule has 0 aliphatic carbocycles. The van der Waals surface area contributed by atoms with Gasteiger partial charge in [0.2, 0.25) is 5.91 Å². The van der Waals surface area contributed by atoms with Gasteiger partial charge in [0.1, 0.15) is 30.2 Å². The fraction of sp³-hybridized carbons (Fsp3) is 0.538. The maximum Gasteiger partial charge on any atom is 0.217 e. The lowest BCUT2D eigenvalue weighted by Gasteiger charge is -2.16. The van der Waals surface area contributed by atoms with Gasteiger partial charge in [0.05, 0.1) is 12.9 Å². The number of aliphatic hydroxyl groups is 3. The van der Waals surface area contributed by atoms with Crippen molar-refractivity contribution < 1.29 is 24.9 Å². The van der Waals surface area contributed by atoms with Gasteiger partial charge in [-0.15, -0.1) is 0 Å². The van der Waals surface area contributed by atoms with Gasteiger partial charge in [-0.1, -0.05) is 6.92 Å². The molecule has 0 saturated carbocycles. The molecule has 0 spiro atoms. The summed E-state index contributed by atoms with van der Waals surface area (Å²) in [7, 11) is 0. The van der Waals surface area contributed by atoms with Crippen LogP contribution in [0.5, 0.6) is 0 Å². The van der Waals surface area contributed by atoms with Gasteiger partial charge < -0.3 is 31.5 Å². The zero-order valence-corrected chi connectivity index (χ0v) is 13.0. The second kappa shape index (κ2) is 7.49. The lowest BCUT2D eigenvalue weighted by atomic mass is 10.1. The average Bonchev–Trinajstić information content (AvgIpc) is 3.11. The monoisotopic (exact) mass is 340 g/mol. The van der Waals surface area contributed by atoms with Crippen LogP contribution in [0.3, 0.4) is 0 Å². The number of primary amides is 1. The van der Waals surface area contributed by atoms with E-state index < -0.39 is 31.1 Å². The molecule has 132 valence electrons. The van der Waals surface area contributed by atoms with Crippen molar-refractivity contribution in [2.45, 2.75) is 37.9 Å². The first-order chi connectivity index (χ1) is 11.4. The number of fused-ring (bicyclic) bond motifs is 1. The minimum absolute atomic E-state index is 0.218. The molecule has 1 amide bonds. The predicted molar refractivity (Wildman–Crippen MR) is 82.2 cm³/mol. The molecule has 0 bridgehead atoms. The molecule has 11 heteroatoms. The van der Waals surface area contributed by atoms with Gasteiger partial charge in [-0.25, -0.2) is 15.0 Å². The Bertz CT molecular complexity index is 707. The van der Waals surface area contributed by atoms with Crippen LogP contribution >= 0.6 is 0 Å². The van der Waals surface area contributed by atoms with Crippen LogP contribution in [-0.4, -0.2) is 65.7 Å². The molecule has 4 atom stereocenters. The number of carbonyl (C=O) groups excluding carboxylic acids is 1. The number of hydrogen-bond donors (Lipinski definition) is 5. The van der Waals surface area contributed by atoms with Gasteiger partial charge in [-0.3, -0.25) is 9.36 Å². The fourth-order valence-corrected chi connectivity index (χ4v) is 2.17. The number of imidazole rings is 1. The van der Waals surface area contributed by atoms with Crippen molar-refractivity contribution in [2.24, 2.45) is 5.73 Å². The maximum absolute atomic E-state index is 9.95. The van der Waals surface area contributed by atoms with Crippen molar-refractivity contribution in [1.29, 1.82) is 0 Å². The van der Waals surface area contributed by atoms with Gasteiger partial charge in [-0.05, 0) is 0 Å². The van der Waals surface area contributed by atoms with Crippen LogP contribution in [0, 0.1) is 0 Å². The summed E-state index contributed by atoms with van der Waals surface area (Å²) in [6, 6.07) is 0. The minimum Gasteiger partial charge on any atom is -0.394 e. The van der Waals surface area contributed by atoms with Crippen molar-refractivity contribution in [3.63, 3.8) is 0 Å². The summed E-state index contributed by atoms with van der Waals surface area (Å²) in [6.45, 7) is 1.33. The lowest BCUT2D eigenvalue weighted by Crippen LogP contribution is -2.33. The third-order valence-corrected chi connectivity index (χ3v) is 3.53. The van der Waals surface area contributed by atoms with Gasteiger partial charge >= 0.3 is 0 Å². The molecular formula is C13H20N6O5. The van der Waals surface area contributed by atoms with E-state index in [-0.39, 0.29) is 11.7 Å². The molecule has 1 aliphatic heterocycles. The second-order valence-electron chi connectivity index (χ2n) is 5.13. The van der Waals surface area contributed by atoms with Gasteiger partial charge in [0.25, 0.3) is 0 Å². The molecule has 7 N–H and O–H groups in total. The Morgan fingerprint density at radius 1 is 1.33 bits per heavy atom. The molecule has 1 aliphatic rings. The number of anilines is 1. The molecule has 1 saturated heterocycles. The summed E-state index contributed by atoms with van der Waals surface area (Å²) < 4.78 is 6.85. The minimum atomic E-state index is -1.19. The number of nitrogens with two attached hydrogens (primary N) is 2. The summed E-state index contributed by atoms with van der Waals surface area (Å²) >= 11 is 0. The largest absolute Gasteiger partial charge is 0.394 e. The summed E-state index contributed by atoms with van der Waals surface area (Å²) in [5, 5.41) is 28.7. The van der Waals surface area contributed by atoms with E-state index in [0.717, 1.165) is 0 Å². The first kappa shape index (κ1) is 18.0. The van der Waals surface area contributed by atoms with Crippen LogP contribution in [0.25, 0.3) is 11.2 Å². The van der Waals surface area contributed by atoms with Crippen LogP contribution in [0.15, 0.2) is 12.7 Å². The normalized spacial score (nSPS) is 26.2. The zero-order valence-electron chi connectivity index (χ0n) is 13.0. The van der Waals surface area contributed by atoms with E-state index in [0.29, 0.717) is 17.6 Å². The van der Waals surface area contributed by atoms with Crippen LogP contribution in [0.4, 0.5) is 5.82 Å². The highest BCUT2D eigenvalue weighted by Gasteiger charge is 2.43. The first-order valence-corrected chi connectivity index (χ1v) is 7.24. The van der Waals surface area contributed by atoms with Crippen molar-refractivity contribution in [2.75, 3.05) is 12.3 Å². The topological polar surface area (TPSA) is 183 Å². The molecule has 1 fully saturated rings. The van der Waals surface area contributed by atoms with E-state index in [2.05, 4.69) is 20.7 Å². The SMILES string of the molecule is CCC(N)=O.Nc1ncnc2c1ncn2[C@@H]1O[C@H](CO)[C@@H](O)[C@H]1O. The quantitative estimate of drug-likeness (QED) is 0.418. The highest BCUT2D eigenvalue weighted by atomic mass is 16.6. The van der Waals surface area contributed by atoms with Crippen LogP contribution in [0.2, 0.25) is 0 Å².